The minimum atomic E-state index is -0.261. The number of benzene rings is 1. The molecule has 0 bridgehead atoms. The Kier molecular flexibility index (Phi) is 8.56. The van der Waals surface area contributed by atoms with Crippen LogP contribution in [0.5, 0.6) is 0 Å². The molecule has 0 spiro atoms. The predicted octanol–water partition coefficient (Wildman–Crippen LogP) is 4.87. The second kappa shape index (κ2) is 10.3. The number of hydrogen-bond donors (Lipinski definition) is 1. The van der Waals surface area contributed by atoms with Gasteiger partial charge in [-0.3, -0.25) is 0 Å². The van der Waals surface area contributed by atoms with Crippen LogP contribution in [0.15, 0.2) is 18.2 Å². The average molecular weight is 291 g/mol. The topological polar surface area (TPSA) is 52.3 Å². The SMILES string of the molecule is CCCCCCCCCCOC(=O)c1cc(N)ccc1C. The van der Waals surface area contributed by atoms with Crippen molar-refractivity contribution in [1.29, 1.82) is 0 Å². The van der Waals surface area contributed by atoms with Gasteiger partial charge in [-0.15, -0.1) is 0 Å². The highest BCUT2D eigenvalue weighted by Crippen LogP contribution is 2.14. The number of hydrogen-bond acceptors (Lipinski definition) is 3. The summed E-state index contributed by atoms with van der Waals surface area (Å²) in [6.45, 7) is 4.63. The van der Waals surface area contributed by atoms with E-state index in [-0.39, 0.29) is 5.97 Å². The van der Waals surface area contributed by atoms with Crippen LogP contribution in [0, 0.1) is 6.92 Å². The van der Waals surface area contributed by atoms with E-state index >= 15 is 0 Å². The summed E-state index contributed by atoms with van der Waals surface area (Å²) in [5.74, 6) is -0.261. The van der Waals surface area contributed by atoms with Gasteiger partial charge in [0.25, 0.3) is 0 Å². The monoisotopic (exact) mass is 291 g/mol. The Hall–Kier alpha value is -1.51. The van der Waals surface area contributed by atoms with Crippen molar-refractivity contribution in [3.05, 3.63) is 29.3 Å². The van der Waals surface area contributed by atoms with Gasteiger partial charge in [0.05, 0.1) is 12.2 Å². The number of nitrogen functional groups attached to an aromatic ring is 1. The maximum absolute atomic E-state index is 11.9. The van der Waals surface area contributed by atoms with Gasteiger partial charge >= 0.3 is 5.97 Å². The lowest BCUT2D eigenvalue weighted by Gasteiger charge is -2.08. The molecule has 0 radical (unpaired) electrons. The molecule has 0 aliphatic heterocycles. The Labute approximate surface area is 128 Å². The van der Waals surface area contributed by atoms with Gasteiger partial charge in [-0.1, -0.05) is 57.9 Å². The van der Waals surface area contributed by atoms with Crippen LogP contribution in [0.3, 0.4) is 0 Å². The zero-order chi connectivity index (χ0) is 15.5. The molecule has 1 aromatic carbocycles. The average Bonchev–Trinajstić information content (AvgIpc) is 2.48. The third-order valence-corrected chi connectivity index (χ3v) is 3.71. The Morgan fingerprint density at radius 1 is 1.05 bits per heavy atom. The molecule has 0 fully saturated rings. The molecule has 0 aliphatic carbocycles. The second-order valence-corrected chi connectivity index (χ2v) is 5.69. The smallest absolute Gasteiger partial charge is 0.338 e. The number of aryl methyl sites for hydroxylation is 1. The highest BCUT2D eigenvalue weighted by Gasteiger charge is 2.10. The fourth-order valence-electron chi connectivity index (χ4n) is 2.34. The molecule has 2 N–H and O–H groups in total. The maximum Gasteiger partial charge on any atom is 0.338 e. The molecular weight excluding hydrogens is 262 g/mol. The molecule has 0 amide bonds. The van der Waals surface area contributed by atoms with E-state index in [9.17, 15) is 4.79 Å². The highest BCUT2D eigenvalue weighted by atomic mass is 16.5. The minimum Gasteiger partial charge on any atom is -0.462 e. The molecule has 0 aliphatic rings. The number of carbonyl (C=O) groups excluding carboxylic acids is 1. The molecule has 3 heteroatoms. The number of esters is 1. The van der Waals surface area contributed by atoms with E-state index in [1.165, 1.54) is 38.5 Å². The molecule has 0 atom stereocenters. The van der Waals surface area contributed by atoms with Crippen molar-refractivity contribution < 1.29 is 9.53 Å². The zero-order valence-electron chi connectivity index (χ0n) is 13.5. The molecule has 1 rings (SSSR count). The Balaban J connectivity index is 2.12. The van der Waals surface area contributed by atoms with E-state index in [1.807, 2.05) is 13.0 Å². The molecule has 0 aromatic heterocycles. The number of carbonyl (C=O) groups is 1. The van der Waals surface area contributed by atoms with Crippen molar-refractivity contribution in [2.24, 2.45) is 0 Å². The van der Waals surface area contributed by atoms with Crippen molar-refractivity contribution in [3.8, 4) is 0 Å². The first-order chi connectivity index (χ1) is 10.1. The Bertz CT molecular complexity index is 429. The number of ether oxygens (including phenoxy) is 1. The van der Waals surface area contributed by atoms with Gasteiger partial charge in [-0.2, -0.15) is 0 Å². The summed E-state index contributed by atoms with van der Waals surface area (Å²) < 4.78 is 5.31. The first-order valence-corrected chi connectivity index (χ1v) is 8.18. The largest absolute Gasteiger partial charge is 0.462 e. The third-order valence-electron chi connectivity index (χ3n) is 3.71. The first kappa shape index (κ1) is 17.5. The number of nitrogens with two attached hydrogens (primary N) is 1. The van der Waals surface area contributed by atoms with E-state index in [2.05, 4.69) is 6.92 Å². The van der Waals surface area contributed by atoms with Crippen molar-refractivity contribution in [1.82, 2.24) is 0 Å². The molecule has 0 saturated heterocycles. The van der Waals surface area contributed by atoms with Gasteiger partial charge < -0.3 is 10.5 Å². The number of unbranched alkanes of at least 4 members (excludes halogenated alkanes) is 7. The molecule has 0 unspecified atom stereocenters. The quantitative estimate of drug-likeness (QED) is 0.380. The van der Waals surface area contributed by atoms with Crippen molar-refractivity contribution in [2.75, 3.05) is 12.3 Å². The number of anilines is 1. The fraction of sp³-hybridized carbons (Fsp3) is 0.611. The summed E-state index contributed by atoms with van der Waals surface area (Å²) in [6.07, 6.45) is 9.92. The summed E-state index contributed by atoms with van der Waals surface area (Å²) in [5, 5.41) is 0. The summed E-state index contributed by atoms with van der Waals surface area (Å²) in [7, 11) is 0. The number of rotatable bonds is 10. The van der Waals surface area contributed by atoms with Gasteiger partial charge in [0.15, 0.2) is 0 Å². The van der Waals surface area contributed by atoms with Crippen LogP contribution >= 0.6 is 0 Å². The van der Waals surface area contributed by atoms with Crippen molar-refractivity contribution in [2.45, 2.75) is 65.2 Å². The lowest BCUT2D eigenvalue weighted by atomic mass is 10.1. The lowest BCUT2D eigenvalue weighted by molar-refractivity contribution is 0.0497. The van der Waals surface area contributed by atoms with E-state index in [0.29, 0.717) is 17.9 Å². The molecule has 118 valence electrons. The van der Waals surface area contributed by atoms with Gasteiger partial charge in [-0.05, 0) is 31.0 Å². The van der Waals surface area contributed by atoms with Crippen LogP contribution < -0.4 is 5.73 Å². The van der Waals surface area contributed by atoms with Crippen LogP contribution in [-0.4, -0.2) is 12.6 Å². The van der Waals surface area contributed by atoms with Gasteiger partial charge in [0.1, 0.15) is 0 Å². The van der Waals surface area contributed by atoms with E-state index < -0.39 is 0 Å². The van der Waals surface area contributed by atoms with E-state index in [0.717, 1.165) is 18.4 Å². The van der Waals surface area contributed by atoms with Gasteiger partial charge in [0.2, 0.25) is 0 Å². The van der Waals surface area contributed by atoms with Crippen LogP contribution in [0.4, 0.5) is 5.69 Å². The highest BCUT2D eigenvalue weighted by molar-refractivity contribution is 5.92. The van der Waals surface area contributed by atoms with Crippen LogP contribution in [0.1, 0.15) is 74.2 Å². The Morgan fingerprint density at radius 3 is 2.33 bits per heavy atom. The molecule has 0 heterocycles. The lowest BCUT2D eigenvalue weighted by Crippen LogP contribution is -2.08. The van der Waals surface area contributed by atoms with Crippen LogP contribution in [0.25, 0.3) is 0 Å². The summed E-state index contributed by atoms with van der Waals surface area (Å²) in [6, 6.07) is 5.33. The van der Waals surface area contributed by atoms with Gasteiger partial charge in [-0.25, -0.2) is 4.79 Å². The van der Waals surface area contributed by atoms with E-state index in [1.54, 1.807) is 12.1 Å². The zero-order valence-corrected chi connectivity index (χ0v) is 13.5. The maximum atomic E-state index is 11.9. The normalized spacial score (nSPS) is 10.6. The summed E-state index contributed by atoms with van der Waals surface area (Å²) in [4.78, 5) is 11.9. The standard InChI is InChI=1S/C18H29NO2/c1-3-4-5-6-7-8-9-10-13-21-18(20)17-14-16(19)12-11-15(17)2/h11-12,14H,3-10,13,19H2,1-2H3. The predicted molar refractivity (Wildman–Crippen MR) is 88.5 cm³/mol. The minimum absolute atomic E-state index is 0.261. The molecule has 21 heavy (non-hydrogen) atoms. The molecular formula is C18H29NO2. The van der Waals surface area contributed by atoms with Gasteiger partial charge in [0, 0.05) is 5.69 Å². The fourth-order valence-corrected chi connectivity index (χ4v) is 2.34. The van der Waals surface area contributed by atoms with Crippen molar-refractivity contribution in [3.63, 3.8) is 0 Å². The first-order valence-electron chi connectivity index (χ1n) is 8.18. The molecule has 0 saturated carbocycles. The molecule has 3 nitrogen and oxygen atoms in total. The molecule has 1 aromatic rings. The second-order valence-electron chi connectivity index (χ2n) is 5.69. The van der Waals surface area contributed by atoms with Crippen molar-refractivity contribution >= 4 is 11.7 Å². The van der Waals surface area contributed by atoms with Crippen LogP contribution in [0.2, 0.25) is 0 Å². The third kappa shape index (κ3) is 7.16. The summed E-state index contributed by atoms with van der Waals surface area (Å²) >= 11 is 0. The van der Waals surface area contributed by atoms with Crippen LogP contribution in [-0.2, 0) is 4.74 Å². The van der Waals surface area contributed by atoms with E-state index in [4.69, 9.17) is 10.5 Å². The summed E-state index contributed by atoms with van der Waals surface area (Å²) in [5.41, 5.74) is 7.78. The Morgan fingerprint density at radius 2 is 1.67 bits per heavy atom.